The van der Waals surface area contributed by atoms with E-state index in [1.54, 1.807) is 28.8 Å². The second kappa shape index (κ2) is 10.5. The third-order valence-corrected chi connectivity index (χ3v) is 6.69. The van der Waals surface area contributed by atoms with Gasteiger partial charge in [-0.3, -0.25) is 19.3 Å². The molecule has 0 radical (unpaired) electrons. The molecule has 1 fully saturated rings. The number of hydrogen-bond acceptors (Lipinski definition) is 5. The van der Waals surface area contributed by atoms with Crippen molar-refractivity contribution >= 4 is 29.3 Å². The minimum Gasteiger partial charge on any atom is -0.339 e. The van der Waals surface area contributed by atoms with Crippen LogP contribution < -0.4 is 5.32 Å². The highest BCUT2D eigenvalue weighted by atomic mass is 32.2. The molecule has 4 rings (SSSR count). The van der Waals surface area contributed by atoms with Crippen molar-refractivity contribution in [1.29, 1.82) is 0 Å². The lowest BCUT2D eigenvalue weighted by atomic mass is 9.95. The summed E-state index contributed by atoms with van der Waals surface area (Å²) in [6.07, 6.45) is 8.46. The number of piperidine rings is 1. The number of rotatable bonds is 7. The highest BCUT2D eigenvalue weighted by Gasteiger charge is 2.28. The van der Waals surface area contributed by atoms with E-state index < -0.39 is 0 Å². The Labute approximate surface area is 192 Å². The smallest absolute Gasteiger partial charge is 0.253 e. The number of aryl methyl sites for hydroxylation is 1. The molecular weight excluding hydrogens is 422 g/mol. The highest BCUT2D eigenvalue weighted by Crippen LogP contribution is 2.24. The average Bonchev–Trinajstić information content (AvgIpc) is 3.31. The van der Waals surface area contributed by atoms with Gasteiger partial charge in [-0.15, -0.1) is 11.8 Å². The van der Waals surface area contributed by atoms with Gasteiger partial charge in [0.25, 0.3) is 5.91 Å². The van der Waals surface area contributed by atoms with Crippen LogP contribution in [0.25, 0.3) is 0 Å². The normalized spacial score (nSPS) is 14.3. The Morgan fingerprint density at radius 3 is 2.56 bits per heavy atom. The predicted octanol–water partition coefficient (Wildman–Crippen LogP) is 4.08. The fraction of sp³-hybridized carbons (Fsp3) is 0.333. The van der Waals surface area contributed by atoms with Crippen LogP contribution in [-0.4, -0.2) is 44.6 Å². The van der Waals surface area contributed by atoms with Gasteiger partial charge in [-0.25, -0.2) is 0 Å². The van der Waals surface area contributed by atoms with Crippen LogP contribution in [0.5, 0.6) is 0 Å². The number of nitrogens with zero attached hydrogens (tertiary/aromatic N) is 4. The number of anilines is 1. The number of thioether (sulfide) groups is 1. The highest BCUT2D eigenvalue weighted by molar-refractivity contribution is 7.98. The SMILES string of the molecule is CCn1cc(NC(=O)C2CCN(C(=O)c3ccc(SCc4cccnc4)cc3)CC2)cn1. The van der Waals surface area contributed by atoms with E-state index in [4.69, 9.17) is 0 Å². The second-order valence-corrected chi connectivity index (χ2v) is 8.86. The molecule has 3 aromatic rings. The van der Waals surface area contributed by atoms with Crippen LogP contribution in [0, 0.1) is 5.92 Å². The molecule has 0 saturated carbocycles. The summed E-state index contributed by atoms with van der Waals surface area (Å²) in [4.78, 5) is 32.5. The van der Waals surface area contributed by atoms with E-state index in [2.05, 4.69) is 21.5 Å². The first-order valence-corrected chi connectivity index (χ1v) is 11.9. The molecule has 166 valence electrons. The number of amides is 2. The molecular formula is C24H27N5O2S. The summed E-state index contributed by atoms with van der Waals surface area (Å²) in [6, 6.07) is 11.7. The van der Waals surface area contributed by atoms with E-state index in [9.17, 15) is 9.59 Å². The molecule has 1 N–H and O–H groups in total. The molecule has 0 unspecified atom stereocenters. The Morgan fingerprint density at radius 1 is 1.12 bits per heavy atom. The monoisotopic (exact) mass is 449 g/mol. The Balaban J connectivity index is 1.26. The maximum atomic E-state index is 12.9. The van der Waals surface area contributed by atoms with Gasteiger partial charge in [0.15, 0.2) is 0 Å². The van der Waals surface area contributed by atoms with Gasteiger partial charge in [0.2, 0.25) is 5.91 Å². The van der Waals surface area contributed by atoms with Gasteiger partial charge in [0, 0.05) is 60.4 Å². The van der Waals surface area contributed by atoms with Crippen LogP contribution in [0.15, 0.2) is 66.1 Å². The first kappa shape index (κ1) is 22.1. The van der Waals surface area contributed by atoms with Crippen LogP contribution in [0.2, 0.25) is 0 Å². The van der Waals surface area contributed by atoms with Gasteiger partial charge < -0.3 is 10.2 Å². The molecule has 0 atom stereocenters. The number of aromatic nitrogens is 3. The number of hydrogen-bond donors (Lipinski definition) is 1. The Bertz CT molecular complexity index is 1040. The Hall–Kier alpha value is -3.13. The Morgan fingerprint density at radius 2 is 1.91 bits per heavy atom. The van der Waals surface area contributed by atoms with Crippen molar-refractivity contribution in [2.45, 2.75) is 37.0 Å². The fourth-order valence-electron chi connectivity index (χ4n) is 3.72. The lowest BCUT2D eigenvalue weighted by Gasteiger charge is -2.31. The number of pyridine rings is 1. The zero-order valence-corrected chi connectivity index (χ0v) is 18.9. The average molecular weight is 450 g/mol. The van der Waals surface area contributed by atoms with Crippen molar-refractivity contribution < 1.29 is 9.59 Å². The molecule has 0 bridgehead atoms. The number of carbonyl (C=O) groups excluding carboxylic acids is 2. The van der Waals surface area contributed by atoms with Crippen molar-refractivity contribution in [2.75, 3.05) is 18.4 Å². The number of benzene rings is 1. The third kappa shape index (κ3) is 5.56. The van der Waals surface area contributed by atoms with Crippen LogP contribution >= 0.6 is 11.8 Å². The van der Waals surface area contributed by atoms with Gasteiger partial charge >= 0.3 is 0 Å². The van der Waals surface area contributed by atoms with Gasteiger partial charge in [0.05, 0.1) is 11.9 Å². The van der Waals surface area contributed by atoms with Crippen molar-refractivity contribution in [3.05, 3.63) is 72.3 Å². The van der Waals surface area contributed by atoms with E-state index >= 15 is 0 Å². The van der Waals surface area contributed by atoms with Gasteiger partial charge in [0.1, 0.15) is 0 Å². The summed E-state index contributed by atoms with van der Waals surface area (Å²) in [5.74, 6) is 0.783. The Kier molecular flexibility index (Phi) is 7.21. The van der Waals surface area contributed by atoms with Crippen molar-refractivity contribution in [1.82, 2.24) is 19.7 Å². The summed E-state index contributed by atoms with van der Waals surface area (Å²) >= 11 is 1.72. The maximum absolute atomic E-state index is 12.9. The van der Waals surface area contributed by atoms with Crippen molar-refractivity contribution in [3.8, 4) is 0 Å². The first-order chi connectivity index (χ1) is 15.6. The van der Waals surface area contributed by atoms with E-state index in [0.29, 0.717) is 31.5 Å². The number of nitrogens with one attached hydrogen (secondary N) is 1. The second-order valence-electron chi connectivity index (χ2n) is 7.81. The molecule has 3 heterocycles. The largest absolute Gasteiger partial charge is 0.339 e. The molecule has 2 amide bonds. The van der Waals surface area contributed by atoms with E-state index in [1.807, 2.05) is 54.5 Å². The van der Waals surface area contributed by atoms with Crippen LogP contribution in [-0.2, 0) is 17.1 Å². The lowest BCUT2D eigenvalue weighted by molar-refractivity contribution is -0.121. The van der Waals surface area contributed by atoms with E-state index in [0.717, 1.165) is 22.9 Å². The quantitative estimate of drug-likeness (QED) is 0.550. The molecule has 2 aromatic heterocycles. The predicted molar refractivity (Wildman–Crippen MR) is 125 cm³/mol. The minimum absolute atomic E-state index is 0.00254. The lowest BCUT2D eigenvalue weighted by Crippen LogP contribution is -2.41. The van der Waals surface area contributed by atoms with Gasteiger partial charge in [-0.1, -0.05) is 6.07 Å². The third-order valence-electron chi connectivity index (χ3n) is 5.61. The molecule has 1 aliphatic rings. The zero-order valence-electron chi connectivity index (χ0n) is 18.1. The zero-order chi connectivity index (χ0) is 22.3. The molecule has 32 heavy (non-hydrogen) atoms. The van der Waals surface area contributed by atoms with Crippen LogP contribution in [0.3, 0.4) is 0 Å². The fourth-order valence-corrected chi connectivity index (χ4v) is 4.55. The van der Waals surface area contributed by atoms with Crippen molar-refractivity contribution in [3.63, 3.8) is 0 Å². The summed E-state index contributed by atoms with van der Waals surface area (Å²) in [7, 11) is 0. The molecule has 8 heteroatoms. The summed E-state index contributed by atoms with van der Waals surface area (Å²) < 4.78 is 1.78. The molecule has 1 aliphatic heterocycles. The number of carbonyl (C=O) groups is 2. The number of likely N-dealkylation sites (tertiary alicyclic amines) is 1. The standard InChI is InChI=1S/C24H27N5O2S/c1-2-29-16-21(15-26-29)27-23(30)19-9-12-28(13-10-19)24(31)20-5-7-22(8-6-20)32-17-18-4-3-11-25-14-18/h3-8,11,14-16,19H,2,9-10,12-13,17H2,1H3,(H,27,30). The topological polar surface area (TPSA) is 80.1 Å². The van der Waals surface area contributed by atoms with Gasteiger partial charge in [-0.05, 0) is 55.7 Å². The van der Waals surface area contributed by atoms with E-state index in [1.165, 1.54) is 5.56 Å². The van der Waals surface area contributed by atoms with Crippen LogP contribution in [0.4, 0.5) is 5.69 Å². The molecule has 1 aromatic carbocycles. The van der Waals surface area contributed by atoms with Gasteiger partial charge in [-0.2, -0.15) is 5.10 Å². The summed E-state index contributed by atoms with van der Waals surface area (Å²) in [5, 5.41) is 7.12. The van der Waals surface area contributed by atoms with Crippen molar-refractivity contribution in [2.24, 2.45) is 5.92 Å². The molecule has 0 spiro atoms. The molecule has 1 saturated heterocycles. The molecule has 0 aliphatic carbocycles. The van der Waals surface area contributed by atoms with Crippen LogP contribution in [0.1, 0.15) is 35.7 Å². The summed E-state index contributed by atoms with van der Waals surface area (Å²) in [5.41, 5.74) is 2.58. The summed E-state index contributed by atoms with van der Waals surface area (Å²) in [6.45, 7) is 3.94. The van der Waals surface area contributed by atoms with E-state index in [-0.39, 0.29) is 17.7 Å². The molecule has 7 nitrogen and oxygen atoms in total. The minimum atomic E-state index is -0.0877. The first-order valence-electron chi connectivity index (χ1n) is 10.9. The maximum Gasteiger partial charge on any atom is 0.253 e.